The van der Waals surface area contributed by atoms with Gasteiger partial charge in [0.2, 0.25) is 0 Å². The van der Waals surface area contributed by atoms with Crippen molar-refractivity contribution < 1.29 is 4.74 Å². The van der Waals surface area contributed by atoms with E-state index >= 15 is 0 Å². The van der Waals surface area contributed by atoms with E-state index in [4.69, 9.17) is 4.74 Å². The van der Waals surface area contributed by atoms with E-state index in [2.05, 4.69) is 32.7 Å². The maximum Gasteiger partial charge on any atom is 0.190 e. The Balaban J connectivity index is 1.70. The predicted molar refractivity (Wildman–Crippen MR) is 94.0 cm³/mol. The van der Waals surface area contributed by atoms with E-state index in [1.54, 1.807) is 14.2 Å². The average Bonchev–Trinajstić information content (AvgIpc) is 2.61. The van der Waals surface area contributed by atoms with Gasteiger partial charge in [0.25, 0.3) is 0 Å². The normalized spacial score (nSPS) is 11.1. The number of benzene rings is 1. The number of guanidine groups is 1. The molecule has 0 radical (unpaired) electrons. The molecular weight excluding hydrogens is 288 g/mol. The van der Waals surface area contributed by atoms with Gasteiger partial charge < -0.3 is 15.4 Å². The molecule has 0 saturated carbocycles. The van der Waals surface area contributed by atoms with Crippen molar-refractivity contribution in [2.24, 2.45) is 4.99 Å². The van der Waals surface area contributed by atoms with Gasteiger partial charge in [-0.05, 0) is 36.2 Å². The van der Waals surface area contributed by atoms with Gasteiger partial charge in [-0.2, -0.15) is 0 Å². The molecule has 2 N–H and O–H groups in total. The van der Waals surface area contributed by atoms with Crippen molar-refractivity contribution in [3.05, 3.63) is 59.9 Å². The number of hydrogen-bond acceptors (Lipinski definition) is 3. The highest BCUT2D eigenvalue weighted by atomic mass is 16.5. The number of aliphatic imine (C=N–C) groups is 1. The summed E-state index contributed by atoms with van der Waals surface area (Å²) in [5, 5.41) is 6.62. The lowest BCUT2D eigenvalue weighted by atomic mass is 10.1. The molecule has 0 aliphatic heterocycles. The van der Waals surface area contributed by atoms with Gasteiger partial charge >= 0.3 is 0 Å². The first-order valence-electron chi connectivity index (χ1n) is 7.79. The summed E-state index contributed by atoms with van der Waals surface area (Å²) in [6.07, 6.45) is 3.60. The zero-order chi connectivity index (χ0) is 16.3. The van der Waals surface area contributed by atoms with E-state index in [0.29, 0.717) is 0 Å². The van der Waals surface area contributed by atoms with Crippen LogP contribution in [0.15, 0.2) is 53.7 Å². The Labute approximate surface area is 137 Å². The first-order valence-corrected chi connectivity index (χ1v) is 7.79. The Kier molecular flexibility index (Phi) is 6.91. The van der Waals surface area contributed by atoms with Crippen LogP contribution in [0, 0.1) is 0 Å². The zero-order valence-electron chi connectivity index (χ0n) is 13.7. The number of methoxy groups -OCH3 is 1. The number of nitrogens with one attached hydrogen (secondary N) is 2. The van der Waals surface area contributed by atoms with E-state index in [1.807, 2.05) is 36.5 Å². The van der Waals surface area contributed by atoms with Gasteiger partial charge in [-0.15, -0.1) is 0 Å². The van der Waals surface area contributed by atoms with Crippen molar-refractivity contribution in [2.45, 2.75) is 12.8 Å². The number of aromatic nitrogens is 1. The third kappa shape index (κ3) is 5.98. The Morgan fingerprint density at radius 3 is 2.61 bits per heavy atom. The Morgan fingerprint density at radius 2 is 1.91 bits per heavy atom. The van der Waals surface area contributed by atoms with Gasteiger partial charge in [-0.1, -0.05) is 18.2 Å². The number of rotatable bonds is 7. The van der Waals surface area contributed by atoms with Crippen molar-refractivity contribution in [2.75, 3.05) is 27.2 Å². The molecule has 0 saturated heterocycles. The minimum absolute atomic E-state index is 0.801. The van der Waals surface area contributed by atoms with Crippen molar-refractivity contribution >= 4 is 5.96 Å². The fraction of sp³-hybridized carbons (Fsp3) is 0.333. The van der Waals surface area contributed by atoms with Gasteiger partial charge in [0.15, 0.2) is 5.96 Å². The molecule has 122 valence electrons. The van der Waals surface area contributed by atoms with Crippen LogP contribution in [0.5, 0.6) is 5.75 Å². The van der Waals surface area contributed by atoms with E-state index in [0.717, 1.165) is 43.3 Å². The monoisotopic (exact) mass is 312 g/mol. The minimum Gasteiger partial charge on any atom is -0.497 e. The molecule has 0 spiro atoms. The van der Waals surface area contributed by atoms with Crippen molar-refractivity contribution in [1.82, 2.24) is 15.6 Å². The van der Waals surface area contributed by atoms with Gasteiger partial charge in [0.05, 0.1) is 7.11 Å². The van der Waals surface area contributed by atoms with Gasteiger partial charge in [0.1, 0.15) is 5.75 Å². The topological polar surface area (TPSA) is 58.5 Å². The second kappa shape index (κ2) is 9.46. The summed E-state index contributed by atoms with van der Waals surface area (Å²) < 4.78 is 5.24. The first kappa shape index (κ1) is 16.8. The van der Waals surface area contributed by atoms with Crippen LogP contribution in [-0.2, 0) is 12.8 Å². The third-order valence-corrected chi connectivity index (χ3v) is 3.46. The molecule has 1 aromatic carbocycles. The summed E-state index contributed by atoms with van der Waals surface area (Å²) >= 11 is 0. The van der Waals surface area contributed by atoms with Crippen LogP contribution in [0.25, 0.3) is 0 Å². The van der Waals surface area contributed by atoms with Crippen LogP contribution in [-0.4, -0.2) is 38.2 Å². The zero-order valence-corrected chi connectivity index (χ0v) is 13.7. The summed E-state index contributed by atoms with van der Waals surface area (Å²) in [4.78, 5) is 8.54. The summed E-state index contributed by atoms with van der Waals surface area (Å²) in [6.45, 7) is 1.62. The molecule has 5 heteroatoms. The van der Waals surface area contributed by atoms with Crippen LogP contribution in [0.4, 0.5) is 0 Å². The number of nitrogens with zero attached hydrogens (tertiary/aromatic N) is 2. The fourth-order valence-corrected chi connectivity index (χ4v) is 2.23. The van der Waals surface area contributed by atoms with Gasteiger partial charge in [-0.3, -0.25) is 9.98 Å². The molecule has 23 heavy (non-hydrogen) atoms. The van der Waals surface area contributed by atoms with Crippen LogP contribution in [0.1, 0.15) is 11.3 Å². The van der Waals surface area contributed by atoms with Crippen molar-refractivity contribution in [3.8, 4) is 5.75 Å². The summed E-state index contributed by atoms with van der Waals surface area (Å²) in [6, 6.07) is 14.1. The van der Waals surface area contributed by atoms with Crippen LogP contribution in [0.3, 0.4) is 0 Å². The summed E-state index contributed by atoms with van der Waals surface area (Å²) in [5.41, 5.74) is 2.31. The van der Waals surface area contributed by atoms with E-state index in [-0.39, 0.29) is 0 Å². The Bertz CT molecular complexity index is 613. The molecule has 5 nitrogen and oxygen atoms in total. The van der Waals surface area contributed by atoms with Gasteiger partial charge in [-0.25, -0.2) is 0 Å². The lowest BCUT2D eigenvalue weighted by Gasteiger charge is -2.12. The van der Waals surface area contributed by atoms with E-state index < -0.39 is 0 Å². The highest BCUT2D eigenvalue weighted by molar-refractivity contribution is 5.79. The number of pyridine rings is 1. The Hall–Kier alpha value is -2.56. The molecule has 1 heterocycles. The summed E-state index contributed by atoms with van der Waals surface area (Å²) in [7, 11) is 3.46. The molecule has 0 amide bonds. The maximum atomic E-state index is 5.24. The number of ether oxygens (including phenoxy) is 1. The molecule has 0 unspecified atom stereocenters. The lowest BCUT2D eigenvalue weighted by Crippen LogP contribution is -2.39. The summed E-state index contributed by atoms with van der Waals surface area (Å²) in [5.74, 6) is 1.70. The SMILES string of the molecule is CN=C(NCCc1cccc(OC)c1)NCCc1ccccn1. The smallest absolute Gasteiger partial charge is 0.190 e. The lowest BCUT2D eigenvalue weighted by molar-refractivity contribution is 0.414. The quantitative estimate of drug-likeness (QED) is 0.607. The van der Waals surface area contributed by atoms with Crippen molar-refractivity contribution in [1.29, 1.82) is 0 Å². The number of hydrogen-bond donors (Lipinski definition) is 2. The Morgan fingerprint density at radius 1 is 1.09 bits per heavy atom. The highest BCUT2D eigenvalue weighted by Gasteiger charge is 2.00. The second-order valence-corrected chi connectivity index (χ2v) is 5.10. The van der Waals surface area contributed by atoms with E-state index in [1.165, 1.54) is 5.56 Å². The average molecular weight is 312 g/mol. The van der Waals surface area contributed by atoms with Crippen LogP contribution >= 0.6 is 0 Å². The largest absolute Gasteiger partial charge is 0.497 e. The van der Waals surface area contributed by atoms with E-state index in [9.17, 15) is 0 Å². The van der Waals surface area contributed by atoms with Crippen LogP contribution < -0.4 is 15.4 Å². The second-order valence-electron chi connectivity index (χ2n) is 5.10. The first-order chi connectivity index (χ1) is 11.3. The van der Waals surface area contributed by atoms with Gasteiger partial charge in [0, 0.05) is 38.4 Å². The molecule has 0 fully saturated rings. The molecule has 0 atom stereocenters. The highest BCUT2D eigenvalue weighted by Crippen LogP contribution is 2.12. The molecule has 2 aromatic rings. The molecule has 0 aliphatic rings. The predicted octanol–water partition coefficient (Wildman–Crippen LogP) is 2.04. The fourth-order valence-electron chi connectivity index (χ4n) is 2.23. The molecule has 1 aromatic heterocycles. The molecule has 0 bridgehead atoms. The third-order valence-electron chi connectivity index (χ3n) is 3.46. The van der Waals surface area contributed by atoms with Crippen molar-refractivity contribution in [3.63, 3.8) is 0 Å². The van der Waals surface area contributed by atoms with Crippen LogP contribution in [0.2, 0.25) is 0 Å². The molecule has 2 rings (SSSR count). The standard InChI is InChI=1S/C18H24N4O/c1-19-18(22-13-10-16-7-3-4-11-20-16)21-12-9-15-6-5-8-17(14-15)23-2/h3-8,11,14H,9-10,12-13H2,1-2H3,(H2,19,21,22). The molecular formula is C18H24N4O. The minimum atomic E-state index is 0.801. The molecule has 0 aliphatic carbocycles. The maximum absolute atomic E-state index is 5.24.